The number of nitriles is 1. The number of nitrogens with zero attached hydrogens (tertiary/aromatic N) is 1. The quantitative estimate of drug-likeness (QED) is 0.503. The van der Waals surface area contributed by atoms with Crippen LogP contribution in [0.4, 0.5) is 0 Å². The third-order valence-electron chi connectivity index (χ3n) is 3.01. The van der Waals surface area contributed by atoms with E-state index in [1.165, 1.54) is 30.3 Å². The highest BCUT2D eigenvalue weighted by molar-refractivity contribution is 6.33. The zero-order valence-electron chi connectivity index (χ0n) is 12.6. The number of hydrogen-bond donors (Lipinski definition) is 1. The third kappa shape index (κ3) is 3.83. The van der Waals surface area contributed by atoms with Crippen LogP contribution in [0, 0.1) is 11.3 Å². The molecule has 0 aliphatic carbocycles. The van der Waals surface area contributed by atoms with E-state index in [9.17, 15) is 9.59 Å². The molecule has 6 nitrogen and oxygen atoms in total. The van der Waals surface area contributed by atoms with Gasteiger partial charge in [0.05, 0.1) is 17.2 Å². The summed E-state index contributed by atoms with van der Waals surface area (Å²) in [5.74, 6) is -1.28. The van der Waals surface area contributed by atoms with Crippen LogP contribution in [0.5, 0.6) is 0 Å². The molecule has 0 unspecified atom stereocenters. The van der Waals surface area contributed by atoms with E-state index < -0.39 is 11.9 Å². The van der Waals surface area contributed by atoms with E-state index in [1.807, 2.05) is 0 Å². The smallest absolute Gasteiger partial charge is 0.349 e. The van der Waals surface area contributed by atoms with Crippen LogP contribution in [-0.2, 0) is 9.53 Å². The lowest BCUT2D eigenvalue weighted by atomic mass is 10.1. The second-order valence-electron chi connectivity index (χ2n) is 4.59. The lowest BCUT2D eigenvalue weighted by Crippen LogP contribution is -2.05. The number of benzene rings is 1. The Hall–Kier alpha value is -3.04. The number of furan rings is 1. The number of carbonyl (C=O) groups is 2. The van der Waals surface area contributed by atoms with Gasteiger partial charge in [-0.1, -0.05) is 11.6 Å². The molecule has 0 saturated heterocycles. The maximum Gasteiger partial charge on any atom is 0.349 e. The fourth-order valence-electron chi connectivity index (χ4n) is 1.91. The molecule has 1 aromatic heterocycles. The van der Waals surface area contributed by atoms with Gasteiger partial charge in [0.15, 0.2) is 0 Å². The van der Waals surface area contributed by atoms with Gasteiger partial charge in [-0.2, -0.15) is 5.26 Å². The molecule has 1 heterocycles. The van der Waals surface area contributed by atoms with Crippen LogP contribution in [-0.4, -0.2) is 23.7 Å². The Balaban J connectivity index is 2.38. The molecule has 0 aliphatic heterocycles. The van der Waals surface area contributed by atoms with Crippen LogP contribution in [0.3, 0.4) is 0 Å². The Kier molecular flexibility index (Phi) is 5.40. The molecule has 0 spiro atoms. The SMILES string of the molecule is CCOC(=O)/C(C#N)=C/c1ccc(-c2cc(C(=O)O)ccc2Cl)o1. The second-order valence-corrected chi connectivity index (χ2v) is 5.00. The molecule has 7 heteroatoms. The number of rotatable bonds is 5. The molecular weight excluding hydrogens is 334 g/mol. The van der Waals surface area contributed by atoms with Gasteiger partial charge in [-0.25, -0.2) is 9.59 Å². The van der Waals surface area contributed by atoms with Crippen molar-refractivity contribution in [2.24, 2.45) is 0 Å². The van der Waals surface area contributed by atoms with Gasteiger partial charge in [0, 0.05) is 11.6 Å². The van der Waals surface area contributed by atoms with Gasteiger partial charge in [0.2, 0.25) is 0 Å². The molecule has 24 heavy (non-hydrogen) atoms. The Bertz CT molecular complexity index is 860. The summed E-state index contributed by atoms with van der Waals surface area (Å²) >= 11 is 6.07. The van der Waals surface area contributed by atoms with Crippen LogP contribution in [0.1, 0.15) is 23.0 Å². The Morgan fingerprint density at radius 3 is 2.75 bits per heavy atom. The molecule has 2 aromatic rings. The predicted octanol–water partition coefficient (Wildman–Crippen LogP) is 3.77. The van der Waals surface area contributed by atoms with Crippen molar-refractivity contribution in [2.45, 2.75) is 6.92 Å². The normalized spacial score (nSPS) is 11.0. The van der Waals surface area contributed by atoms with Crippen molar-refractivity contribution in [3.8, 4) is 17.4 Å². The summed E-state index contributed by atoms with van der Waals surface area (Å²) in [6.07, 6.45) is 1.25. The largest absolute Gasteiger partial charge is 0.478 e. The van der Waals surface area contributed by atoms with Gasteiger partial charge in [-0.05, 0) is 37.3 Å². The van der Waals surface area contributed by atoms with Crippen molar-refractivity contribution in [1.29, 1.82) is 5.26 Å². The first kappa shape index (κ1) is 17.3. The second kappa shape index (κ2) is 7.49. The zero-order chi connectivity index (χ0) is 17.7. The number of halogens is 1. The van der Waals surface area contributed by atoms with Crippen molar-refractivity contribution >= 4 is 29.6 Å². The monoisotopic (exact) mass is 345 g/mol. The van der Waals surface area contributed by atoms with Gasteiger partial charge in [-0.3, -0.25) is 0 Å². The molecule has 1 N–H and O–H groups in total. The number of carboxylic acids is 1. The maximum absolute atomic E-state index is 11.6. The molecule has 0 fully saturated rings. The first-order valence-corrected chi connectivity index (χ1v) is 7.26. The topological polar surface area (TPSA) is 101 Å². The average Bonchev–Trinajstić information content (AvgIpc) is 3.01. The Labute approximate surface area is 142 Å². The van der Waals surface area contributed by atoms with Crippen molar-refractivity contribution in [3.05, 3.63) is 52.3 Å². The fraction of sp³-hybridized carbons (Fsp3) is 0.118. The standard InChI is InChI=1S/C17H12ClNO5/c1-2-23-17(22)11(9-19)7-12-4-6-15(24-12)13-8-10(16(20)21)3-5-14(13)18/h3-8H,2H2,1H3,(H,20,21)/b11-7+. The van der Waals surface area contributed by atoms with E-state index in [-0.39, 0.29) is 23.5 Å². The lowest BCUT2D eigenvalue weighted by Gasteiger charge is -2.02. The minimum atomic E-state index is -1.09. The first-order chi connectivity index (χ1) is 11.5. The number of aromatic carboxylic acids is 1. The molecular formula is C17H12ClNO5. The Morgan fingerprint density at radius 1 is 1.38 bits per heavy atom. The molecule has 0 radical (unpaired) electrons. The van der Waals surface area contributed by atoms with Crippen molar-refractivity contribution < 1.29 is 23.8 Å². The number of carboxylic acid groups (broad SMARTS) is 1. The lowest BCUT2D eigenvalue weighted by molar-refractivity contribution is -0.137. The number of ether oxygens (including phenoxy) is 1. The molecule has 0 amide bonds. The van der Waals surface area contributed by atoms with Crippen molar-refractivity contribution in [1.82, 2.24) is 0 Å². The van der Waals surface area contributed by atoms with Crippen molar-refractivity contribution in [3.63, 3.8) is 0 Å². The average molecular weight is 346 g/mol. The summed E-state index contributed by atoms with van der Waals surface area (Å²) < 4.78 is 10.3. The molecule has 0 saturated carbocycles. The summed E-state index contributed by atoms with van der Waals surface area (Å²) in [5, 5.41) is 18.4. The fourth-order valence-corrected chi connectivity index (χ4v) is 2.12. The molecule has 0 atom stereocenters. The van der Waals surface area contributed by atoms with Gasteiger partial charge in [0.25, 0.3) is 0 Å². The summed E-state index contributed by atoms with van der Waals surface area (Å²) in [4.78, 5) is 22.6. The van der Waals surface area contributed by atoms with Gasteiger partial charge < -0.3 is 14.3 Å². The van der Waals surface area contributed by atoms with E-state index in [0.29, 0.717) is 16.3 Å². The third-order valence-corrected chi connectivity index (χ3v) is 3.34. The number of esters is 1. The van der Waals surface area contributed by atoms with Gasteiger partial charge in [-0.15, -0.1) is 0 Å². The molecule has 0 bridgehead atoms. The van der Waals surface area contributed by atoms with Crippen LogP contribution in [0.2, 0.25) is 5.02 Å². The van der Waals surface area contributed by atoms with Crippen LogP contribution in [0.25, 0.3) is 17.4 Å². The van der Waals surface area contributed by atoms with E-state index in [4.69, 9.17) is 31.1 Å². The highest BCUT2D eigenvalue weighted by Gasteiger charge is 2.14. The molecule has 122 valence electrons. The minimum absolute atomic E-state index is 0.0622. The van der Waals surface area contributed by atoms with E-state index in [0.717, 1.165) is 0 Å². The van der Waals surface area contributed by atoms with Crippen LogP contribution in [0.15, 0.2) is 40.3 Å². The highest BCUT2D eigenvalue weighted by atomic mass is 35.5. The summed E-state index contributed by atoms with van der Waals surface area (Å²) in [5.41, 5.74) is 0.251. The van der Waals surface area contributed by atoms with E-state index >= 15 is 0 Å². The van der Waals surface area contributed by atoms with E-state index in [2.05, 4.69) is 0 Å². The van der Waals surface area contributed by atoms with Crippen LogP contribution >= 0.6 is 11.6 Å². The predicted molar refractivity (Wildman–Crippen MR) is 86.3 cm³/mol. The van der Waals surface area contributed by atoms with Crippen molar-refractivity contribution in [2.75, 3.05) is 6.61 Å². The molecule has 1 aromatic carbocycles. The maximum atomic E-state index is 11.6. The summed E-state index contributed by atoms with van der Waals surface area (Å²) in [6, 6.07) is 9.07. The minimum Gasteiger partial charge on any atom is -0.478 e. The van der Waals surface area contributed by atoms with Crippen LogP contribution < -0.4 is 0 Å². The zero-order valence-corrected chi connectivity index (χ0v) is 13.3. The molecule has 0 aliphatic rings. The Morgan fingerprint density at radius 2 is 2.12 bits per heavy atom. The van der Waals surface area contributed by atoms with E-state index in [1.54, 1.807) is 19.1 Å². The summed E-state index contributed by atoms with van der Waals surface area (Å²) in [7, 11) is 0. The number of hydrogen-bond acceptors (Lipinski definition) is 5. The number of carbonyl (C=O) groups excluding carboxylic acids is 1. The summed E-state index contributed by atoms with van der Waals surface area (Å²) in [6.45, 7) is 1.79. The van der Waals surface area contributed by atoms with Gasteiger partial charge >= 0.3 is 11.9 Å². The first-order valence-electron chi connectivity index (χ1n) is 6.88. The van der Waals surface area contributed by atoms with Gasteiger partial charge in [0.1, 0.15) is 23.2 Å². The molecule has 2 rings (SSSR count). The highest BCUT2D eigenvalue weighted by Crippen LogP contribution is 2.31.